The molecule has 21 heavy (non-hydrogen) atoms. The van der Waals surface area contributed by atoms with Gasteiger partial charge in [-0.1, -0.05) is 6.07 Å². The minimum absolute atomic E-state index is 0.0624. The maximum Gasteiger partial charge on any atom is 0.244 e. The fourth-order valence-electron chi connectivity index (χ4n) is 2.61. The first-order chi connectivity index (χ1) is 9.96. The standard InChI is InChI=1S/C14H23N3O3S/c1-17-7-3-4-12(10-17)16-21(18,19)14-6-5-11(9-15)8-13(14)20-2/h5-6,8,12,16H,3-4,7,9-10,15H2,1-2H3. The Kier molecular flexibility index (Phi) is 5.21. The number of likely N-dealkylation sites (N-methyl/N-ethyl adjacent to an activating group) is 1. The van der Waals surface area contributed by atoms with Crippen molar-refractivity contribution in [3.05, 3.63) is 23.8 Å². The van der Waals surface area contributed by atoms with Crippen LogP contribution in [0, 0.1) is 0 Å². The van der Waals surface area contributed by atoms with E-state index in [9.17, 15) is 8.42 Å². The number of nitrogens with zero attached hydrogens (tertiary/aromatic N) is 1. The number of sulfonamides is 1. The van der Waals surface area contributed by atoms with Crippen molar-refractivity contribution in [2.75, 3.05) is 27.2 Å². The summed E-state index contributed by atoms with van der Waals surface area (Å²) in [7, 11) is -0.135. The summed E-state index contributed by atoms with van der Waals surface area (Å²) in [4.78, 5) is 2.29. The van der Waals surface area contributed by atoms with E-state index in [1.54, 1.807) is 18.2 Å². The van der Waals surface area contributed by atoms with E-state index in [4.69, 9.17) is 10.5 Å². The van der Waals surface area contributed by atoms with Gasteiger partial charge in [-0.2, -0.15) is 0 Å². The van der Waals surface area contributed by atoms with E-state index < -0.39 is 10.0 Å². The van der Waals surface area contributed by atoms with Crippen molar-refractivity contribution >= 4 is 10.0 Å². The molecule has 0 amide bonds. The summed E-state index contributed by atoms with van der Waals surface area (Å²) in [5, 5.41) is 0. The van der Waals surface area contributed by atoms with Crippen LogP contribution in [0.15, 0.2) is 23.1 Å². The van der Waals surface area contributed by atoms with E-state index in [1.165, 1.54) is 7.11 Å². The highest BCUT2D eigenvalue weighted by molar-refractivity contribution is 7.89. The maximum absolute atomic E-state index is 12.5. The van der Waals surface area contributed by atoms with Crippen LogP contribution in [0.2, 0.25) is 0 Å². The Bertz CT molecular complexity index is 589. The van der Waals surface area contributed by atoms with Crippen molar-refractivity contribution in [1.29, 1.82) is 0 Å². The van der Waals surface area contributed by atoms with Gasteiger partial charge in [-0.3, -0.25) is 0 Å². The lowest BCUT2D eigenvalue weighted by Gasteiger charge is -2.30. The molecule has 6 nitrogen and oxygen atoms in total. The highest BCUT2D eigenvalue weighted by atomic mass is 32.2. The predicted molar refractivity (Wildman–Crippen MR) is 81.7 cm³/mol. The van der Waals surface area contributed by atoms with Crippen LogP contribution in [0.25, 0.3) is 0 Å². The van der Waals surface area contributed by atoms with Crippen molar-refractivity contribution < 1.29 is 13.2 Å². The summed E-state index contributed by atoms with van der Waals surface area (Å²) in [6.07, 6.45) is 1.85. The molecule has 1 heterocycles. The topological polar surface area (TPSA) is 84.7 Å². The second-order valence-corrected chi connectivity index (χ2v) is 7.09. The van der Waals surface area contributed by atoms with E-state index in [-0.39, 0.29) is 10.9 Å². The van der Waals surface area contributed by atoms with Crippen LogP contribution < -0.4 is 15.2 Å². The van der Waals surface area contributed by atoms with E-state index >= 15 is 0 Å². The molecular formula is C14H23N3O3S. The first kappa shape index (κ1) is 16.2. The van der Waals surface area contributed by atoms with E-state index in [0.717, 1.165) is 31.5 Å². The number of nitrogens with one attached hydrogen (secondary N) is 1. The Balaban J connectivity index is 2.22. The number of nitrogens with two attached hydrogens (primary N) is 1. The highest BCUT2D eigenvalue weighted by Crippen LogP contribution is 2.25. The summed E-state index contributed by atoms with van der Waals surface area (Å²) < 4.78 is 33.1. The number of rotatable bonds is 5. The van der Waals surface area contributed by atoms with Gasteiger partial charge in [-0.15, -0.1) is 0 Å². The molecule has 0 aliphatic carbocycles. The third kappa shape index (κ3) is 3.94. The molecule has 1 unspecified atom stereocenters. The largest absolute Gasteiger partial charge is 0.495 e. The normalized spacial score (nSPS) is 20.4. The minimum Gasteiger partial charge on any atom is -0.495 e. The number of hydrogen-bond acceptors (Lipinski definition) is 5. The Morgan fingerprint density at radius 2 is 2.24 bits per heavy atom. The van der Waals surface area contributed by atoms with Crippen molar-refractivity contribution in [2.45, 2.75) is 30.3 Å². The van der Waals surface area contributed by atoms with Crippen LogP contribution in [0.4, 0.5) is 0 Å². The van der Waals surface area contributed by atoms with E-state index in [2.05, 4.69) is 9.62 Å². The van der Waals surface area contributed by atoms with E-state index in [1.807, 2.05) is 7.05 Å². The summed E-state index contributed by atoms with van der Waals surface area (Å²) in [6, 6.07) is 4.87. The van der Waals surface area contributed by atoms with Crippen LogP contribution >= 0.6 is 0 Å². The van der Waals surface area contributed by atoms with Crippen LogP contribution in [0.3, 0.4) is 0 Å². The molecule has 118 valence electrons. The Morgan fingerprint density at radius 1 is 1.48 bits per heavy atom. The zero-order valence-corrected chi connectivity index (χ0v) is 13.3. The van der Waals surface area contributed by atoms with Gasteiger partial charge in [0.15, 0.2) is 0 Å². The average Bonchev–Trinajstić information content (AvgIpc) is 2.46. The third-order valence-corrected chi connectivity index (χ3v) is 5.26. The van der Waals surface area contributed by atoms with Crippen molar-refractivity contribution in [3.63, 3.8) is 0 Å². The molecular weight excluding hydrogens is 290 g/mol. The van der Waals surface area contributed by atoms with Gasteiger partial charge in [0.1, 0.15) is 10.6 Å². The van der Waals surface area contributed by atoms with Gasteiger partial charge in [0.25, 0.3) is 0 Å². The Hall–Kier alpha value is -1.15. The molecule has 1 atom stereocenters. The van der Waals surface area contributed by atoms with Gasteiger partial charge in [-0.25, -0.2) is 13.1 Å². The lowest BCUT2D eigenvalue weighted by Crippen LogP contribution is -2.46. The molecule has 1 aliphatic heterocycles. The zero-order chi connectivity index (χ0) is 15.5. The number of ether oxygens (including phenoxy) is 1. The molecule has 1 aromatic rings. The van der Waals surface area contributed by atoms with Gasteiger partial charge >= 0.3 is 0 Å². The summed E-state index contributed by atoms with van der Waals surface area (Å²) in [6.45, 7) is 2.08. The SMILES string of the molecule is COc1cc(CN)ccc1S(=O)(=O)NC1CCCN(C)C1. The summed E-state index contributed by atoms with van der Waals surface area (Å²) >= 11 is 0. The number of hydrogen-bond donors (Lipinski definition) is 2. The summed E-state index contributed by atoms with van der Waals surface area (Å²) in [5.41, 5.74) is 6.41. The smallest absolute Gasteiger partial charge is 0.244 e. The number of likely N-dealkylation sites (tertiary alicyclic amines) is 1. The quantitative estimate of drug-likeness (QED) is 0.828. The first-order valence-corrected chi connectivity index (χ1v) is 8.52. The van der Waals surface area contributed by atoms with Gasteiger partial charge in [-0.05, 0) is 44.1 Å². The lowest BCUT2D eigenvalue weighted by molar-refractivity contribution is 0.242. The van der Waals surface area contributed by atoms with Crippen LogP contribution in [-0.2, 0) is 16.6 Å². The average molecular weight is 313 g/mol. The molecule has 0 radical (unpaired) electrons. The maximum atomic E-state index is 12.5. The first-order valence-electron chi connectivity index (χ1n) is 7.04. The van der Waals surface area contributed by atoms with Crippen molar-refractivity contribution in [2.24, 2.45) is 5.73 Å². The number of benzene rings is 1. The third-order valence-electron chi connectivity index (χ3n) is 3.70. The second-order valence-electron chi connectivity index (χ2n) is 5.41. The molecule has 1 fully saturated rings. The fraction of sp³-hybridized carbons (Fsp3) is 0.571. The molecule has 0 spiro atoms. The van der Waals surface area contributed by atoms with Gasteiger partial charge in [0.2, 0.25) is 10.0 Å². The molecule has 1 aliphatic rings. The Labute approximate surface area is 126 Å². The highest BCUT2D eigenvalue weighted by Gasteiger charge is 2.26. The molecule has 3 N–H and O–H groups in total. The molecule has 0 bridgehead atoms. The van der Waals surface area contributed by atoms with Crippen LogP contribution in [0.1, 0.15) is 18.4 Å². The van der Waals surface area contributed by atoms with Gasteiger partial charge in [0.05, 0.1) is 7.11 Å². The molecule has 1 aromatic carbocycles. The number of methoxy groups -OCH3 is 1. The van der Waals surface area contributed by atoms with Crippen LogP contribution in [0.5, 0.6) is 5.75 Å². The zero-order valence-electron chi connectivity index (χ0n) is 12.5. The summed E-state index contributed by atoms with van der Waals surface area (Å²) in [5.74, 6) is 0.328. The predicted octanol–water partition coefficient (Wildman–Crippen LogP) is 0.526. The molecule has 0 aromatic heterocycles. The second kappa shape index (κ2) is 6.74. The minimum atomic E-state index is -3.59. The number of piperidine rings is 1. The Morgan fingerprint density at radius 3 is 2.86 bits per heavy atom. The molecule has 2 rings (SSSR count). The van der Waals surface area contributed by atoms with Gasteiger partial charge in [0, 0.05) is 19.1 Å². The van der Waals surface area contributed by atoms with Crippen molar-refractivity contribution in [1.82, 2.24) is 9.62 Å². The molecule has 7 heteroatoms. The monoisotopic (exact) mass is 313 g/mol. The molecule has 0 saturated carbocycles. The van der Waals surface area contributed by atoms with Gasteiger partial charge < -0.3 is 15.4 Å². The van der Waals surface area contributed by atoms with Crippen molar-refractivity contribution in [3.8, 4) is 5.75 Å². The lowest BCUT2D eigenvalue weighted by atomic mass is 10.1. The molecule has 1 saturated heterocycles. The fourth-order valence-corrected chi connectivity index (χ4v) is 4.02. The van der Waals surface area contributed by atoms with Crippen LogP contribution in [-0.4, -0.2) is 46.6 Å². The van der Waals surface area contributed by atoms with E-state index in [0.29, 0.717) is 12.3 Å².